The molecule has 3 nitrogen and oxygen atoms in total. The van der Waals surface area contributed by atoms with Crippen LogP contribution in [-0.4, -0.2) is 30.5 Å². The van der Waals surface area contributed by atoms with E-state index in [2.05, 4.69) is 5.32 Å². The molecule has 0 amide bonds. The molecule has 0 aliphatic rings. The molecule has 0 radical (unpaired) electrons. The first-order valence-corrected chi connectivity index (χ1v) is 7.93. The topological polar surface area (TPSA) is 41.5 Å². The second kappa shape index (κ2) is 8.51. The zero-order valence-corrected chi connectivity index (χ0v) is 13.9. The van der Waals surface area contributed by atoms with Crippen LogP contribution < -0.4 is 10.1 Å². The van der Waals surface area contributed by atoms with Crippen molar-refractivity contribution in [1.82, 2.24) is 0 Å². The molecule has 0 aromatic heterocycles. The molecular weight excluding hydrogens is 376 g/mol. The van der Waals surface area contributed by atoms with E-state index in [1.807, 2.05) is 0 Å². The van der Waals surface area contributed by atoms with Gasteiger partial charge in [-0.05, 0) is 35.9 Å². The smallest absolute Gasteiger partial charge is 0.416 e. The molecule has 0 fully saturated rings. The maximum Gasteiger partial charge on any atom is 0.416 e. The Hall–Kier alpha value is -2.42. The van der Waals surface area contributed by atoms with E-state index in [0.29, 0.717) is 17.0 Å². The minimum atomic E-state index is -4.69. The minimum absolute atomic E-state index is 0.140. The van der Waals surface area contributed by atoms with Gasteiger partial charge in [0, 0.05) is 18.7 Å². The number of halogens is 6. The fourth-order valence-electron chi connectivity index (χ4n) is 2.19. The Balaban J connectivity index is 1.82. The van der Waals surface area contributed by atoms with Crippen LogP contribution >= 0.6 is 0 Å². The largest absolute Gasteiger partial charge is 0.493 e. The number of hydrogen-bond acceptors (Lipinski definition) is 3. The third kappa shape index (κ3) is 6.67. The van der Waals surface area contributed by atoms with Crippen molar-refractivity contribution < 1.29 is 36.2 Å². The van der Waals surface area contributed by atoms with Gasteiger partial charge in [0.25, 0.3) is 0 Å². The Morgan fingerprint density at radius 2 is 1.63 bits per heavy atom. The lowest BCUT2D eigenvalue weighted by Crippen LogP contribution is -2.34. The Labute approximate surface area is 151 Å². The summed E-state index contributed by atoms with van der Waals surface area (Å²) >= 11 is 0. The predicted octanol–water partition coefficient (Wildman–Crippen LogP) is 4.66. The number of alkyl halides is 6. The first-order valence-electron chi connectivity index (χ1n) is 7.93. The van der Waals surface area contributed by atoms with Gasteiger partial charge in [-0.3, -0.25) is 0 Å². The second-order valence-electron chi connectivity index (χ2n) is 5.76. The number of aliphatic hydroxyl groups excluding tert-OH is 1. The first-order chi connectivity index (χ1) is 12.6. The summed E-state index contributed by atoms with van der Waals surface area (Å²) in [5.74, 6) is 0.420. The van der Waals surface area contributed by atoms with Gasteiger partial charge < -0.3 is 15.2 Å². The third-order valence-corrected chi connectivity index (χ3v) is 3.65. The van der Waals surface area contributed by atoms with E-state index in [4.69, 9.17) is 9.84 Å². The fourth-order valence-corrected chi connectivity index (χ4v) is 2.19. The van der Waals surface area contributed by atoms with E-state index in [-0.39, 0.29) is 13.0 Å². The van der Waals surface area contributed by atoms with Crippen molar-refractivity contribution in [2.75, 3.05) is 18.5 Å². The number of aliphatic hydroxyl groups is 1. The van der Waals surface area contributed by atoms with Gasteiger partial charge in [-0.15, -0.1) is 0 Å². The van der Waals surface area contributed by atoms with Crippen molar-refractivity contribution in [2.24, 2.45) is 0 Å². The van der Waals surface area contributed by atoms with Crippen LogP contribution in [0.4, 0.5) is 32.0 Å². The fraction of sp³-hybridized carbons (Fsp3) is 0.333. The SMILES string of the molecule is OC(CNc1ccc(OCCc2cccc(C(F)(F)F)c2)cc1)C(F)(F)F. The van der Waals surface area contributed by atoms with Crippen LogP contribution in [0.2, 0.25) is 0 Å². The van der Waals surface area contributed by atoms with E-state index in [1.165, 1.54) is 30.3 Å². The lowest BCUT2D eigenvalue weighted by Gasteiger charge is -2.16. The summed E-state index contributed by atoms with van der Waals surface area (Å²) < 4.78 is 80.0. The normalized spacial score (nSPS) is 13.3. The summed E-state index contributed by atoms with van der Waals surface area (Å²) in [6, 6.07) is 10.9. The van der Waals surface area contributed by atoms with E-state index in [0.717, 1.165) is 12.1 Å². The Morgan fingerprint density at radius 1 is 0.963 bits per heavy atom. The van der Waals surface area contributed by atoms with Crippen molar-refractivity contribution in [3.8, 4) is 5.75 Å². The molecule has 0 heterocycles. The Bertz CT molecular complexity index is 728. The highest BCUT2D eigenvalue weighted by Crippen LogP contribution is 2.29. The van der Waals surface area contributed by atoms with Gasteiger partial charge in [-0.1, -0.05) is 18.2 Å². The van der Waals surface area contributed by atoms with Gasteiger partial charge in [0.15, 0.2) is 6.10 Å². The van der Waals surface area contributed by atoms with Crippen LogP contribution in [0.5, 0.6) is 5.75 Å². The van der Waals surface area contributed by atoms with E-state index in [1.54, 1.807) is 6.07 Å². The van der Waals surface area contributed by atoms with Crippen molar-refractivity contribution in [3.63, 3.8) is 0 Å². The summed E-state index contributed by atoms with van der Waals surface area (Å²) in [4.78, 5) is 0. The molecule has 0 bridgehead atoms. The molecule has 27 heavy (non-hydrogen) atoms. The molecule has 2 rings (SSSR count). The molecule has 1 unspecified atom stereocenters. The van der Waals surface area contributed by atoms with Crippen LogP contribution in [0.15, 0.2) is 48.5 Å². The second-order valence-corrected chi connectivity index (χ2v) is 5.76. The monoisotopic (exact) mass is 393 g/mol. The van der Waals surface area contributed by atoms with Crippen LogP contribution in [0, 0.1) is 0 Å². The number of benzene rings is 2. The lowest BCUT2D eigenvalue weighted by atomic mass is 10.1. The van der Waals surface area contributed by atoms with Crippen molar-refractivity contribution in [3.05, 3.63) is 59.7 Å². The molecule has 0 saturated heterocycles. The van der Waals surface area contributed by atoms with Gasteiger partial charge in [0.2, 0.25) is 0 Å². The van der Waals surface area contributed by atoms with Gasteiger partial charge >= 0.3 is 12.4 Å². The van der Waals surface area contributed by atoms with Crippen LogP contribution in [0.1, 0.15) is 11.1 Å². The lowest BCUT2D eigenvalue weighted by molar-refractivity contribution is -0.198. The van der Waals surface area contributed by atoms with Crippen molar-refractivity contribution in [2.45, 2.75) is 24.9 Å². The van der Waals surface area contributed by atoms with E-state index in [9.17, 15) is 26.3 Å². The van der Waals surface area contributed by atoms with Gasteiger partial charge in [-0.2, -0.15) is 26.3 Å². The summed E-state index contributed by atoms with van der Waals surface area (Å²) in [6.07, 6.45) is -11.3. The average molecular weight is 393 g/mol. The molecule has 0 aliphatic carbocycles. The number of hydrogen-bond donors (Lipinski definition) is 2. The molecule has 1 atom stereocenters. The van der Waals surface area contributed by atoms with Gasteiger partial charge in [0.1, 0.15) is 5.75 Å². The maximum absolute atomic E-state index is 12.7. The summed E-state index contributed by atoms with van der Waals surface area (Å²) in [5.41, 5.74) is 0.115. The van der Waals surface area contributed by atoms with E-state index < -0.39 is 30.6 Å². The molecule has 2 aromatic carbocycles. The molecule has 0 spiro atoms. The standard InChI is InChI=1S/C18H17F6NO2/c19-17(20,21)13-3-1-2-12(10-13)8-9-27-15-6-4-14(5-7-15)25-11-16(26)18(22,23)24/h1-7,10,16,25-26H,8-9,11H2. The van der Waals surface area contributed by atoms with Crippen LogP contribution in [-0.2, 0) is 12.6 Å². The Morgan fingerprint density at radius 3 is 2.22 bits per heavy atom. The number of nitrogens with one attached hydrogen (secondary N) is 1. The maximum atomic E-state index is 12.7. The molecule has 148 valence electrons. The average Bonchev–Trinajstić information content (AvgIpc) is 2.59. The molecule has 2 N–H and O–H groups in total. The number of ether oxygens (including phenoxy) is 1. The molecule has 2 aromatic rings. The summed E-state index contributed by atoms with van der Waals surface area (Å²) in [7, 11) is 0. The number of rotatable bonds is 7. The predicted molar refractivity (Wildman–Crippen MR) is 87.6 cm³/mol. The quantitative estimate of drug-likeness (QED) is 0.673. The van der Waals surface area contributed by atoms with Crippen molar-refractivity contribution in [1.29, 1.82) is 0 Å². The van der Waals surface area contributed by atoms with Crippen LogP contribution in [0.3, 0.4) is 0 Å². The van der Waals surface area contributed by atoms with Crippen LogP contribution in [0.25, 0.3) is 0 Å². The highest BCUT2D eigenvalue weighted by Gasteiger charge is 2.37. The first kappa shape index (κ1) is 20.9. The van der Waals surface area contributed by atoms with Gasteiger partial charge in [-0.25, -0.2) is 0 Å². The minimum Gasteiger partial charge on any atom is -0.493 e. The molecule has 0 saturated carbocycles. The third-order valence-electron chi connectivity index (χ3n) is 3.65. The Kier molecular flexibility index (Phi) is 6.59. The van der Waals surface area contributed by atoms with Gasteiger partial charge in [0.05, 0.1) is 12.2 Å². The molecule has 0 aliphatic heterocycles. The van der Waals surface area contributed by atoms with Crippen molar-refractivity contribution >= 4 is 5.69 Å². The zero-order chi connectivity index (χ0) is 20.1. The highest BCUT2D eigenvalue weighted by molar-refractivity contribution is 5.46. The summed E-state index contributed by atoms with van der Waals surface area (Å²) in [5, 5.41) is 11.4. The zero-order valence-electron chi connectivity index (χ0n) is 13.9. The van der Waals surface area contributed by atoms with E-state index >= 15 is 0 Å². The molecular formula is C18H17F6NO2. The number of anilines is 1. The highest BCUT2D eigenvalue weighted by atomic mass is 19.4. The molecule has 9 heteroatoms. The summed E-state index contributed by atoms with van der Waals surface area (Å²) in [6.45, 7) is -0.542.